The first-order valence-electron chi connectivity index (χ1n) is 13.5. The Morgan fingerprint density at radius 1 is 1.10 bits per heavy atom. The minimum absolute atomic E-state index is 0.0175. The molecule has 0 spiro atoms. The summed E-state index contributed by atoms with van der Waals surface area (Å²) in [5.74, 6) is -0.927. The van der Waals surface area contributed by atoms with E-state index in [2.05, 4.69) is 21.4 Å². The number of nitrogens with one attached hydrogen (secondary N) is 1. The first-order valence-corrected chi connectivity index (χ1v) is 13.5. The van der Waals surface area contributed by atoms with E-state index in [0.717, 1.165) is 18.4 Å². The maximum Gasteiger partial charge on any atom is 0.451 e. The molecule has 0 aliphatic carbocycles. The summed E-state index contributed by atoms with van der Waals surface area (Å²) < 4.78 is 41.5. The molecule has 2 aromatic rings. The van der Waals surface area contributed by atoms with Crippen molar-refractivity contribution >= 4 is 23.5 Å². The minimum Gasteiger partial charge on any atom is -0.356 e. The average Bonchev–Trinajstić information content (AvgIpc) is 3.43. The first-order chi connectivity index (χ1) is 19.0. The van der Waals surface area contributed by atoms with Crippen LogP contribution in [-0.2, 0) is 22.2 Å². The zero-order chi connectivity index (χ0) is 28.9. The number of carbonyl (C=O) groups excluding carboxylic acids is 2. The van der Waals surface area contributed by atoms with Crippen molar-refractivity contribution in [3.8, 4) is 6.07 Å². The Labute approximate surface area is 232 Å². The van der Waals surface area contributed by atoms with E-state index in [1.54, 1.807) is 35.0 Å². The molecule has 40 heavy (non-hydrogen) atoms. The van der Waals surface area contributed by atoms with Crippen LogP contribution in [0.25, 0.3) is 0 Å². The first kappa shape index (κ1) is 29.1. The van der Waals surface area contributed by atoms with Crippen LogP contribution in [0.2, 0.25) is 0 Å². The number of benzene rings is 1. The van der Waals surface area contributed by atoms with Crippen LogP contribution in [-0.4, -0.2) is 72.5 Å². The largest absolute Gasteiger partial charge is 0.451 e. The number of rotatable bonds is 8. The number of piperidine rings is 1. The molecule has 0 saturated carbocycles. The van der Waals surface area contributed by atoms with Gasteiger partial charge in [-0.25, -0.2) is 9.97 Å². The van der Waals surface area contributed by atoms with E-state index in [-0.39, 0.29) is 29.4 Å². The van der Waals surface area contributed by atoms with Crippen molar-refractivity contribution in [1.29, 1.82) is 5.26 Å². The fourth-order valence-electron chi connectivity index (χ4n) is 5.23. The molecule has 3 heterocycles. The summed E-state index contributed by atoms with van der Waals surface area (Å²) in [7, 11) is 1.75. The normalized spacial score (nSPS) is 17.9. The number of nitriles is 1. The van der Waals surface area contributed by atoms with Crippen LogP contribution in [0.1, 0.15) is 49.6 Å². The number of aromatic nitrogens is 2. The second-order valence-corrected chi connectivity index (χ2v) is 10.4. The molecule has 2 aliphatic heterocycles. The van der Waals surface area contributed by atoms with E-state index >= 15 is 0 Å². The zero-order valence-corrected chi connectivity index (χ0v) is 22.7. The topological polar surface area (TPSA) is 105 Å². The Hall–Kier alpha value is -3.88. The Balaban J connectivity index is 1.44. The molecule has 4 rings (SSSR count). The highest BCUT2D eigenvalue weighted by Gasteiger charge is 2.39. The number of hydrogen-bond donors (Lipinski definition) is 1. The number of amides is 2. The molecule has 214 valence electrons. The summed E-state index contributed by atoms with van der Waals surface area (Å²) in [4.78, 5) is 37.5. The Morgan fingerprint density at radius 2 is 1.77 bits per heavy atom. The van der Waals surface area contributed by atoms with Gasteiger partial charge in [0.25, 0.3) is 0 Å². The van der Waals surface area contributed by atoms with Crippen molar-refractivity contribution < 1.29 is 22.8 Å². The van der Waals surface area contributed by atoms with E-state index in [0.29, 0.717) is 57.5 Å². The van der Waals surface area contributed by atoms with E-state index in [1.165, 1.54) is 6.92 Å². The number of alkyl halides is 3. The van der Waals surface area contributed by atoms with Crippen molar-refractivity contribution in [2.45, 2.75) is 51.2 Å². The summed E-state index contributed by atoms with van der Waals surface area (Å²) in [6, 6.07) is 10.1. The van der Waals surface area contributed by atoms with Crippen molar-refractivity contribution in [2.75, 3.05) is 49.6 Å². The molecule has 1 N–H and O–H groups in total. The maximum atomic E-state index is 13.8. The van der Waals surface area contributed by atoms with Crippen molar-refractivity contribution in [3.63, 3.8) is 0 Å². The molecule has 0 unspecified atom stereocenters. The maximum absolute atomic E-state index is 13.8. The Bertz CT molecular complexity index is 1240. The minimum atomic E-state index is -4.73. The Kier molecular flexibility index (Phi) is 9.12. The summed E-state index contributed by atoms with van der Waals surface area (Å²) in [6.07, 6.45) is -1.54. The molecule has 2 aliphatic rings. The van der Waals surface area contributed by atoms with Gasteiger partial charge in [-0.2, -0.15) is 18.4 Å². The molecule has 2 fully saturated rings. The summed E-state index contributed by atoms with van der Waals surface area (Å²) >= 11 is 0. The van der Waals surface area contributed by atoms with Gasteiger partial charge in [-0.15, -0.1) is 0 Å². The molecule has 1 atom stereocenters. The van der Waals surface area contributed by atoms with Gasteiger partial charge in [-0.05, 0) is 55.7 Å². The smallest absolute Gasteiger partial charge is 0.356 e. The molecular formula is C28H34F3N7O2. The van der Waals surface area contributed by atoms with Crippen LogP contribution >= 0.6 is 0 Å². The highest BCUT2D eigenvalue weighted by molar-refractivity contribution is 5.85. The van der Waals surface area contributed by atoms with Gasteiger partial charge in [-0.1, -0.05) is 12.1 Å². The predicted octanol–water partition coefficient (Wildman–Crippen LogP) is 3.39. The lowest BCUT2D eigenvalue weighted by molar-refractivity contribution is -0.144. The van der Waals surface area contributed by atoms with Gasteiger partial charge in [0.1, 0.15) is 17.7 Å². The lowest BCUT2D eigenvalue weighted by Crippen LogP contribution is -2.44. The molecule has 0 bridgehead atoms. The fourth-order valence-corrected chi connectivity index (χ4v) is 5.23. The van der Waals surface area contributed by atoms with Gasteiger partial charge in [0.05, 0.1) is 11.6 Å². The third kappa shape index (κ3) is 7.20. The van der Waals surface area contributed by atoms with Gasteiger partial charge >= 0.3 is 6.18 Å². The average molecular weight is 558 g/mol. The quantitative estimate of drug-likeness (QED) is 0.531. The Morgan fingerprint density at radius 3 is 2.40 bits per heavy atom. The van der Waals surface area contributed by atoms with E-state index in [9.17, 15) is 22.8 Å². The lowest BCUT2D eigenvalue weighted by atomic mass is 9.96. The molecule has 9 nitrogen and oxygen atoms in total. The third-order valence-corrected chi connectivity index (χ3v) is 7.61. The second-order valence-electron chi connectivity index (χ2n) is 10.4. The van der Waals surface area contributed by atoms with Crippen LogP contribution in [0.15, 0.2) is 30.3 Å². The van der Waals surface area contributed by atoms with Crippen LogP contribution in [0, 0.1) is 17.2 Å². The summed E-state index contributed by atoms with van der Waals surface area (Å²) in [6.45, 7) is 3.94. The molecule has 0 radical (unpaired) electrons. The number of hydrogen-bond acceptors (Lipinski definition) is 7. The fraction of sp³-hybridized carbons (Fsp3) is 0.536. The number of carbonyl (C=O) groups is 2. The molecule has 2 saturated heterocycles. The number of halogens is 3. The van der Waals surface area contributed by atoms with Gasteiger partial charge < -0.3 is 20.0 Å². The van der Waals surface area contributed by atoms with Crippen LogP contribution < -0.4 is 15.1 Å². The lowest BCUT2D eigenvalue weighted by Gasteiger charge is -2.35. The summed E-state index contributed by atoms with van der Waals surface area (Å²) in [5.41, 5.74) is 1.52. The van der Waals surface area contributed by atoms with Gasteiger partial charge in [0.2, 0.25) is 17.6 Å². The van der Waals surface area contributed by atoms with Crippen molar-refractivity contribution in [2.24, 2.45) is 5.92 Å². The zero-order valence-electron chi connectivity index (χ0n) is 22.7. The van der Waals surface area contributed by atoms with Crippen LogP contribution in [0.5, 0.6) is 0 Å². The van der Waals surface area contributed by atoms with E-state index in [4.69, 9.17) is 5.26 Å². The predicted molar refractivity (Wildman–Crippen MR) is 144 cm³/mol. The number of nitrogens with zero attached hydrogens (tertiary/aromatic N) is 6. The van der Waals surface area contributed by atoms with Gasteiger partial charge in [-0.3, -0.25) is 9.59 Å². The number of anilines is 2. The monoisotopic (exact) mass is 557 g/mol. The van der Waals surface area contributed by atoms with Gasteiger partial charge in [0.15, 0.2) is 0 Å². The van der Waals surface area contributed by atoms with Gasteiger partial charge in [0, 0.05) is 52.8 Å². The van der Waals surface area contributed by atoms with Crippen LogP contribution in [0.3, 0.4) is 0 Å². The van der Waals surface area contributed by atoms with Crippen molar-refractivity contribution in [3.05, 3.63) is 47.3 Å². The third-order valence-electron chi connectivity index (χ3n) is 7.61. The SMILES string of the molecule is CC(=O)N(C)CC1CCN(c2cc(N3CCC[C@H]3C(=O)NCCc3ccc(C#N)cc3)nc(C(F)(F)F)n2)CC1. The highest BCUT2D eigenvalue weighted by Crippen LogP contribution is 2.34. The molecule has 1 aromatic heterocycles. The van der Waals surface area contributed by atoms with E-state index < -0.39 is 18.0 Å². The molecule has 2 amide bonds. The highest BCUT2D eigenvalue weighted by atomic mass is 19.4. The molecule has 12 heteroatoms. The molecule has 1 aromatic carbocycles. The molecular weight excluding hydrogens is 523 g/mol. The van der Waals surface area contributed by atoms with E-state index in [1.807, 2.05) is 17.0 Å². The second kappa shape index (κ2) is 12.5. The standard InChI is InChI=1S/C28H34F3N7O2/c1-19(39)36(2)18-22-10-14-37(15-11-22)24-16-25(35-27(34-24)28(29,30)31)38-13-3-4-23(38)26(40)33-12-9-20-5-7-21(17-32)8-6-20/h5-8,16,22-23H,3-4,9-15,18H2,1-2H3,(H,33,40)/t23-/m0/s1. The summed E-state index contributed by atoms with van der Waals surface area (Å²) in [5, 5.41) is 11.8. The van der Waals surface area contributed by atoms with Crippen molar-refractivity contribution in [1.82, 2.24) is 20.2 Å². The van der Waals surface area contributed by atoms with Crippen LogP contribution in [0.4, 0.5) is 24.8 Å².